The number of nitrogens with zero attached hydrogens (tertiary/aromatic N) is 1. The molecule has 1 rings (SSSR count). The molecule has 1 aromatic rings. The minimum absolute atomic E-state index is 0.171. The Morgan fingerprint density at radius 1 is 1.18 bits per heavy atom. The van der Waals surface area contributed by atoms with Crippen LogP contribution in [0.3, 0.4) is 0 Å². The van der Waals surface area contributed by atoms with Crippen LogP contribution >= 0.6 is 0 Å². The van der Waals surface area contributed by atoms with E-state index in [2.05, 4.69) is 59.8 Å². The van der Waals surface area contributed by atoms with E-state index >= 15 is 0 Å². The van der Waals surface area contributed by atoms with Crippen LogP contribution in [0.1, 0.15) is 32.8 Å². The smallest absolute Gasteiger partial charge is 0.190 e. The molecule has 0 saturated heterocycles. The maximum absolute atomic E-state index is 5.33. The number of hydrogen-bond donors (Lipinski definition) is 2. The van der Waals surface area contributed by atoms with Gasteiger partial charge >= 0.3 is 0 Å². The Balaban J connectivity index is 2.32. The first-order valence-corrected chi connectivity index (χ1v) is 8.13. The van der Waals surface area contributed by atoms with Gasteiger partial charge in [-0.2, -0.15) is 0 Å². The van der Waals surface area contributed by atoms with E-state index in [1.54, 1.807) is 0 Å². The van der Waals surface area contributed by atoms with Gasteiger partial charge in [-0.1, -0.05) is 44.2 Å². The van der Waals surface area contributed by atoms with Gasteiger partial charge < -0.3 is 15.4 Å². The summed E-state index contributed by atoms with van der Waals surface area (Å²) < 4.78 is 5.33. The highest BCUT2D eigenvalue weighted by atomic mass is 16.5. The highest BCUT2D eigenvalue weighted by molar-refractivity contribution is 5.79. The third kappa shape index (κ3) is 8.03. The van der Waals surface area contributed by atoms with Gasteiger partial charge in [-0.05, 0) is 30.7 Å². The van der Waals surface area contributed by atoms with E-state index < -0.39 is 0 Å². The summed E-state index contributed by atoms with van der Waals surface area (Å²) in [5, 5.41) is 6.74. The van der Waals surface area contributed by atoms with Crippen LogP contribution in [0.25, 0.3) is 0 Å². The first kappa shape index (κ1) is 18.5. The van der Waals surface area contributed by atoms with Crippen molar-refractivity contribution < 1.29 is 4.74 Å². The van der Waals surface area contributed by atoms with Crippen LogP contribution in [0, 0.1) is 5.41 Å². The van der Waals surface area contributed by atoms with Crippen molar-refractivity contribution in [1.82, 2.24) is 10.6 Å². The molecule has 0 bridgehead atoms. The van der Waals surface area contributed by atoms with Gasteiger partial charge in [0.15, 0.2) is 5.96 Å². The van der Waals surface area contributed by atoms with Gasteiger partial charge in [0.05, 0.1) is 0 Å². The van der Waals surface area contributed by atoms with E-state index in [4.69, 9.17) is 4.74 Å². The lowest BCUT2D eigenvalue weighted by Gasteiger charge is -2.26. The fourth-order valence-corrected chi connectivity index (χ4v) is 2.28. The largest absolute Gasteiger partial charge is 0.382 e. The standard InChI is InChI=1S/C18H31N3O/c1-5-22-13-9-12-20-17(19-4)21-15-18(2,3)14-16-10-7-6-8-11-16/h6-8,10-11H,5,9,12-15H2,1-4H3,(H2,19,20,21). The van der Waals surface area contributed by atoms with Crippen molar-refractivity contribution in [3.63, 3.8) is 0 Å². The molecule has 0 aliphatic rings. The number of rotatable bonds is 9. The Kier molecular flexibility index (Phi) is 8.60. The summed E-state index contributed by atoms with van der Waals surface area (Å²) in [5.74, 6) is 0.859. The predicted molar refractivity (Wildman–Crippen MR) is 94.4 cm³/mol. The lowest BCUT2D eigenvalue weighted by molar-refractivity contribution is 0.145. The number of ether oxygens (including phenoxy) is 1. The second-order valence-corrected chi connectivity index (χ2v) is 6.23. The van der Waals surface area contributed by atoms with Gasteiger partial charge in [-0.3, -0.25) is 4.99 Å². The van der Waals surface area contributed by atoms with E-state index in [1.165, 1.54) is 5.56 Å². The van der Waals surface area contributed by atoms with Gasteiger partial charge in [0.1, 0.15) is 0 Å². The molecule has 124 valence electrons. The van der Waals surface area contributed by atoms with Crippen molar-refractivity contribution in [2.75, 3.05) is 33.4 Å². The molecule has 0 radical (unpaired) electrons. The van der Waals surface area contributed by atoms with Gasteiger partial charge in [-0.15, -0.1) is 0 Å². The monoisotopic (exact) mass is 305 g/mol. The Bertz CT molecular complexity index is 429. The average Bonchev–Trinajstić information content (AvgIpc) is 2.50. The van der Waals surface area contributed by atoms with E-state index in [9.17, 15) is 0 Å². The maximum Gasteiger partial charge on any atom is 0.190 e. The first-order chi connectivity index (χ1) is 10.6. The fourth-order valence-electron chi connectivity index (χ4n) is 2.28. The maximum atomic E-state index is 5.33. The van der Waals surface area contributed by atoms with Crippen LogP contribution in [0.4, 0.5) is 0 Å². The van der Waals surface area contributed by atoms with Gasteiger partial charge in [0, 0.05) is 33.4 Å². The summed E-state index contributed by atoms with van der Waals surface area (Å²) in [6, 6.07) is 10.6. The Labute approximate surface area is 135 Å². The first-order valence-electron chi connectivity index (χ1n) is 8.13. The van der Waals surface area contributed by atoms with E-state index in [1.807, 2.05) is 14.0 Å². The van der Waals surface area contributed by atoms with E-state index in [0.29, 0.717) is 0 Å². The van der Waals surface area contributed by atoms with Crippen LogP contribution in [0.2, 0.25) is 0 Å². The van der Waals surface area contributed by atoms with Crippen molar-refractivity contribution >= 4 is 5.96 Å². The highest BCUT2D eigenvalue weighted by Crippen LogP contribution is 2.20. The fraction of sp³-hybridized carbons (Fsp3) is 0.611. The van der Waals surface area contributed by atoms with Crippen LogP contribution in [0.15, 0.2) is 35.3 Å². The molecule has 2 N–H and O–H groups in total. The molecular formula is C18H31N3O. The number of guanidine groups is 1. The zero-order valence-electron chi connectivity index (χ0n) is 14.5. The molecule has 0 atom stereocenters. The SMILES string of the molecule is CCOCCCNC(=NC)NCC(C)(C)Cc1ccccc1. The topological polar surface area (TPSA) is 45.6 Å². The van der Waals surface area contributed by atoms with Gasteiger partial charge in [0.2, 0.25) is 0 Å². The molecule has 0 aliphatic heterocycles. The van der Waals surface area contributed by atoms with Crippen LogP contribution in [-0.2, 0) is 11.2 Å². The molecule has 0 aromatic heterocycles. The highest BCUT2D eigenvalue weighted by Gasteiger charge is 2.18. The summed E-state index contributed by atoms with van der Waals surface area (Å²) in [5.41, 5.74) is 1.54. The zero-order valence-corrected chi connectivity index (χ0v) is 14.5. The quantitative estimate of drug-likeness (QED) is 0.419. The van der Waals surface area contributed by atoms with Crippen molar-refractivity contribution in [3.8, 4) is 0 Å². The molecule has 0 amide bonds. The summed E-state index contributed by atoms with van der Waals surface area (Å²) in [6.07, 6.45) is 2.03. The molecule has 22 heavy (non-hydrogen) atoms. The molecule has 4 heteroatoms. The zero-order chi connectivity index (χ0) is 16.3. The minimum atomic E-state index is 0.171. The van der Waals surface area contributed by atoms with Crippen LogP contribution in [-0.4, -0.2) is 39.3 Å². The third-order valence-electron chi connectivity index (χ3n) is 3.45. The number of benzene rings is 1. The lowest BCUT2D eigenvalue weighted by Crippen LogP contribution is -2.43. The molecular weight excluding hydrogens is 274 g/mol. The van der Waals surface area contributed by atoms with E-state index in [-0.39, 0.29) is 5.41 Å². The minimum Gasteiger partial charge on any atom is -0.382 e. The number of aliphatic imine (C=N–C) groups is 1. The molecule has 1 aromatic carbocycles. The van der Waals surface area contributed by atoms with Crippen LogP contribution in [0.5, 0.6) is 0 Å². The van der Waals surface area contributed by atoms with Crippen molar-refractivity contribution in [1.29, 1.82) is 0 Å². The average molecular weight is 305 g/mol. The van der Waals surface area contributed by atoms with Crippen molar-refractivity contribution in [3.05, 3.63) is 35.9 Å². The second kappa shape index (κ2) is 10.2. The Morgan fingerprint density at radius 2 is 1.91 bits per heavy atom. The predicted octanol–water partition coefficient (Wildman–Crippen LogP) is 2.85. The lowest BCUT2D eigenvalue weighted by atomic mass is 9.86. The second-order valence-electron chi connectivity index (χ2n) is 6.23. The number of hydrogen-bond acceptors (Lipinski definition) is 2. The normalized spacial score (nSPS) is 12.3. The summed E-state index contributed by atoms with van der Waals surface area (Å²) in [6.45, 7) is 9.89. The van der Waals surface area contributed by atoms with E-state index in [0.717, 1.165) is 45.1 Å². The van der Waals surface area contributed by atoms with Crippen molar-refractivity contribution in [2.24, 2.45) is 10.4 Å². The summed E-state index contributed by atoms with van der Waals surface area (Å²) >= 11 is 0. The summed E-state index contributed by atoms with van der Waals surface area (Å²) in [4.78, 5) is 4.27. The molecule has 0 heterocycles. The Hall–Kier alpha value is -1.55. The molecule has 0 unspecified atom stereocenters. The molecule has 0 aliphatic carbocycles. The molecule has 0 fully saturated rings. The van der Waals surface area contributed by atoms with Gasteiger partial charge in [0.25, 0.3) is 0 Å². The van der Waals surface area contributed by atoms with Crippen LogP contribution < -0.4 is 10.6 Å². The molecule has 0 saturated carbocycles. The van der Waals surface area contributed by atoms with Crippen molar-refractivity contribution in [2.45, 2.75) is 33.6 Å². The summed E-state index contributed by atoms with van der Waals surface area (Å²) in [7, 11) is 1.81. The number of nitrogens with one attached hydrogen (secondary N) is 2. The molecule has 4 nitrogen and oxygen atoms in total. The Morgan fingerprint density at radius 3 is 2.55 bits per heavy atom. The third-order valence-corrected chi connectivity index (χ3v) is 3.45. The van der Waals surface area contributed by atoms with Gasteiger partial charge in [-0.25, -0.2) is 0 Å². The molecule has 0 spiro atoms.